The number of benzene rings is 2. The van der Waals surface area contributed by atoms with E-state index in [1.807, 2.05) is 6.07 Å². The summed E-state index contributed by atoms with van der Waals surface area (Å²) < 4.78 is 33.6. The zero-order valence-electron chi connectivity index (χ0n) is 15.4. The van der Waals surface area contributed by atoms with Crippen molar-refractivity contribution in [1.29, 1.82) is 0 Å². The smallest absolute Gasteiger partial charge is 0.269 e. The Bertz CT molecular complexity index is 947. The van der Waals surface area contributed by atoms with Crippen LogP contribution in [-0.2, 0) is 4.79 Å². The third-order valence-corrected chi connectivity index (χ3v) is 5.17. The van der Waals surface area contributed by atoms with Gasteiger partial charge in [-0.05, 0) is 48.7 Å². The van der Waals surface area contributed by atoms with Gasteiger partial charge in [-0.3, -0.25) is 4.79 Å². The summed E-state index contributed by atoms with van der Waals surface area (Å²) in [5.41, 5.74) is 0.700. The van der Waals surface area contributed by atoms with Crippen LogP contribution in [0.4, 0.5) is 8.78 Å². The van der Waals surface area contributed by atoms with E-state index >= 15 is 0 Å². The van der Waals surface area contributed by atoms with Crippen LogP contribution in [0, 0.1) is 11.6 Å². The Kier molecular flexibility index (Phi) is 7.03. The molecule has 152 valence electrons. The summed E-state index contributed by atoms with van der Waals surface area (Å²) in [6.07, 6.45) is 2.88. The molecule has 0 aromatic heterocycles. The molecule has 29 heavy (non-hydrogen) atoms. The summed E-state index contributed by atoms with van der Waals surface area (Å²) in [7, 11) is 0. The fourth-order valence-corrected chi connectivity index (χ4v) is 3.71. The molecule has 1 aliphatic heterocycles. The Morgan fingerprint density at radius 2 is 2.00 bits per heavy atom. The molecule has 3 rings (SSSR count). The Morgan fingerprint density at radius 1 is 1.28 bits per heavy atom. The van der Waals surface area contributed by atoms with Crippen molar-refractivity contribution in [3.63, 3.8) is 0 Å². The Labute approximate surface area is 180 Å². The maximum absolute atomic E-state index is 13.5. The molecule has 0 spiro atoms. The molecule has 1 amide bonds. The van der Waals surface area contributed by atoms with Crippen LogP contribution in [0.3, 0.4) is 0 Å². The van der Waals surface area contributed by atoms with Gasteiger partial charge >= 0.3 is 0 Å². The highest BCUT2D eigenvalue weighted by Crippen LogP contribution is 2.31. The molecule has 0 saturated heterocycles. The van der Waals surface area contributed by atoms with Crippen LogP contribution in [0.5, 0.6) is 5.75 Å². The fourth-order valence-electron chi connectivity index (χ4n) is 2.98. The van der Waals surface area contributed by atoms with Gasteiger partial charge in [0.1, 0.15) is 17.4 Å². The van der Waals surface area contributed by atoms with Crippen LogP contribution >= 0.6 is 27.5 Å². The van der Waals surface area contributed by atoms with Gasteiger partial charge in [-0.1, -0.05) is 34.1 Å². The maximum atomic E-state index is 13.5. The predicted octanol–water partition coefficient (Wildman–Crippen LogP) is 6.06. The highest BCUT2D eigenvalue weighted by atomic mass is 79.9. The van der Waals surface area contributed by atoms with Gasteiger partial charge in [-0.2, -0.15) is 5.10 Å². The number of rotatable bonds is 7. The molecule has 1 atom stereocenters. The minimum Gasteiger partial charge on any atom is -0.492 e. The van der Waals surface area contributed by atoms with Crippen LogP contribution in [0.2, 0.25) is 5.02 Å². The van der Waals surface area contributed by atoms with E-state index in [0.29, 0.717) is 47.8 Å². The molecule has 2 aromatic carbocycles. The summed E-state index contributed by atoms with van der Waals surface area (Å²) in [5.74, 6) is -1.21. The predicted molar refractivity (Wildman–Crippen MR) is 112 cm³/mol. The van der Waals surface area contributed by atoms with Crippen molar-refractivity contribution in [3.05, 3.63) is 75.2 Å². The molecule has 0 N–H and O–H groups in total. The lowest BCUT2D eigenvalue weighted by molar-refractivity contribution is -0.129. The first-order valence-electron chi connectivity index (χ1n) is 8.93. The number of amides is 1. The lowest BCUT2D eigenvalue weighted by atomic mass is 10.0. The quantitative estimate of drug-likeness (QED) is 0.355. The SMILES string of the molecule is C=C(CCCOc1ccc(Br)cc1Cl)C(=O)N1N=CCC1c1cc(F)cc(F)c1. The third-order valence-electron chi connectivity index (χ3n) is 4.38. The molecular weight excluding hydrogens is 466 g/mol. The van der Waals surface area contributed by atoms with E-state index in [0.717, 1.165) is 10.5 Å². The van der Waals surface area contributed by atoms with Crippen LogP contribution in [0.1, 0.15) is 30.9 Å². The van der Waals surface area contributed by atoms with Gasteiger partial charge in [0.2, 0.25) is 0 Å². The van der Waals surface area contributed by atoms with Crippen LogP contribution in [-0.4, -0.2) is 23.7 Å². The number of hydrogen-bond donors (Lipinski definition) is 0. The van der Waals surface area contributed by atoms with Crippen molar-refractivity contribution in [3.8, 4) is 5.75 Å². The third kappa shape index (κ3) is 5.42. The lowest BCUT2D eigenvalue weighted by Gasteiger charge is -2.23. The highest BCUT2D eigenvalue weighted by molar-refractivity contribution is 9.10. The van der Waals surface area contributed by atoms with E-state index in [9.17, 15) is 13.6 Å². The molecular formula is C21H18BrClF2N2O2. The minimum atomic E-state index is -0.693. The summed E-state index contributed by atoms with van der Waals surface area (Å²) in [6, 6.07) is 7.98. The van der Waals surface area contributed by atoms with E-state index in [2.05, 4.69) is 27.6 Å². The van der Waals surface area contributed by atoms with Gasteiger partial charge in [0.25, 0.3) is 5.91 Å². The molecule has 0 aliphatic carbocycles. The Hall–Kier alpha value is -2.25. The van der Waals surface area contributed by atoms with Gasteiger partial charge < -0.3 is 4.74 Å². The average molecular weight is 484 g/mol. The zero-order valence-corrected chi connectivity index (χ0v) is 17.7. The van der Waals surface area contributed by atoms with Crippen LogP contribution < -0.4 is 4.74 Å². The first-order valence-corrected chi connectivity index (χ1v) is 10.1. The molecule has 0 saturated carbocycles. The van der Waals surface area contributed by atoms with E-state index in [1.54, 1.807) is 18.3 Å². The standard InChI is InChI=1S/C21H18BrClF2N2O2/c1-13(3-2-8-29-20-5-4-15(22)11-18(20)23)21(28)27-19(6-7-26-27)14-9-16(24)12-17(25)10-14/h4-5,7,9-12,19H,1-3,6,8H2. The fraction of sp³-hybridized carbons (Fsp3) is 0.238. The first kappa shape index (κ1) is 21.5. The molecule has 0 fully saturated rings. The second-order valence-electron chi connectivity index (χ2n) is 6.53. The lowest BCUT2D eigenvalue weighted by Crippen LogP contribution is -2.28. The van der Waals surface area contributed by atoms with Gasteiger partial charge in [-0.25, -0.2) is 13.8 Å². The molecule has 2 aromatic rings. The van der Waals surface area contributed by atoms with Gasteiger partial charge in [0.15, 0.2) is 0 Å². The van der Waals surface area contributed by atoms with Gasteiger partial charge in [0.05, 0.1) is 17.7 Å². The topological polar surface area (TPSA) is 41.9 Å². The second-order valence-corrected chi connectivity index (χ2v) is 7.86. The van der Waals surface area contributed by atoms with E-state index in [1.165, 1.54) is 17.1 Å². The summed E-state index contributed by atoms with van der Waals surface area (Å²) in [6.45, 7) is 4.19. The normalized spacial score (nSPS) is 15.6. The van der Waals surface area contributed by atoms with Crippen molar-refractivity contribution in [2.75, 3.05) is 6.61 Å². The molecule has 1 unspecified atom stereocenters. The summed E-state index contributed by atoms with van der Waals surface area (Å²) in [5, 5.41) is 5.79. The zero-order chi connectivity index (χ0) is 21.0. The summed E-state index contributed by atoms with van der Waals surface area (Å²) >= 11 is 9.43. The first-order chi connectivity index (χ1) is 13.8. The van der Waals surface area contributed by atoms with E-state index in [-0.39, 0.29) is 5.91 Å². The van der Waals surface area contributed by atoms with Crippen molar-refractivity contribution in [1.82, 2.24) is 5.01 Å². The molecule has 8 heteroatoms. The van der Waals surface area contributed by atoms with Crippen LogP contribution in [0.25, 0.3) is 0 Å². The number of nitrogens with zero attached hydrogens (tertiary/aromatic N) is 2. The van der Waals surface area contributed by atoms with E-state index < -0.39 is 17.7 Å². The number of hydrazone groups is 1. The molecule has 0 bridgehead atoms. The largest absolute Gasteiger partial charge is 0.492 e. The Balaban J connectivity index is 1.55. The van der Waals surface area contributed by atoms with Crippen molar-refractivity contribution < 1.29 is 18.3 Å². The van der Waals surface area contributed by atoms with Crippen LogP contribution in [0.15, 0.2) is 58.1 Å². The monoisotopic (exact) mass is 482 g/mol. The maximum Gasteiger partial charge on any atom is 0.269 e. The molecule has 4 nitrogen and oxygen atoms in total. The highest BCUT2D eigenvalue weighted by Gasteiger charge is 2.30. The number of ether oxygens (including phenoxy) is 1. The molecule has 0 radical (unpaired) electrons. The number of carbonyl (C=O) groups excluding carboxylic acids is 1. The van der Waals surface area contributed by atoms with Gasteiger partial charge in [0, 0.05) is 28.7 Å². The Morgan fingerprint density at radius 3 is 2.69 bits per heavy atom. The molecule has 1 heterocycles. The van der Waals surface area contributed by atoms with Crippen molar-refractivity contribution >= 4 is 39.7 Å². The minimum absolute atomic E-state index is 0.344. The second kappa shape index (κ2) is 9.50. The molecule has 1 aliphatic rings. The van der Waals surface area contributed by atoms with Gasteiger partial charge in [-0.15, -0.1) is 0 Å². The summed E-state index contributed by atoms with van der Waals surface area (Å²) in [4.78, 5) is 12.7. The average Bonchev–Trinajstić information content (AvgIpc) is 3.15. The number of halogens is 4. The van der Waals surface area contributed by atoms with Crippen molar-refractivity contribution in [2.24, 2.45) is 5.10 Å². The number of carbonyl (C=O) groups is 1. The van der Waals surface area contributed by atoms with E-state index in [4.69, 9.17) is 16.3 Å². The number of hydrogen-bond acceptors (Lipinski definition) is 3. The van der Waals surface area contributed by atoms with Crippen molar-refractivity contribution in [2.45, 2.75) is 25.3 Å².